The Morgan fingerprint density at radius 2 is 1.67 bits per heavy atom. The molecule has 24 heavy (non-hydrogen) atoms. The van der Waals surface area contributed by atoms with Crippen molar-refractivity contribution < 1.29 is 4.79 Å². The third-order valence-corrected chi connectivity index (χ3v) is 4.80. The van der Waals surface area contributed by atoms with Gasteiger partial charge in [0, 0.05) is 17.5 Å². The van der Waals surface area contributed by atoms with Gasteiger partial charge in [-0.2, -0.15) is 0 Å². The Labute approximate surface area is 142 Å². The van der Waals surface area contributed by atoms with E-state index in [0.29, 0.717) is 5.92 Å². The van der Waals surface area contributed by atoms with Gasteiger partial charge < -0.3 is 4.90 Å². The second-order valence-corrected chi connectivity index (χ2v) is 6.87. The largest absolute Gasteiger partial charge is 0.308 e. The van der Waals surface area contributed by atoms with Crippen molar-refractivity contribution in [2.75, 3.05) is 11.4 Å². The first-order valence-corrected chi connectivity index (χ1v) is 8.60. The Hall–Kier alpha value is -2.61. The second kappa shape index (κ2) is 5.79. The highest BCUT2D eigenvalue weighted by Crippen LogP contribution is 2.41. The predicted octanol–water partition coefficient (Wildman–Crippen LogP) is 5.51. The van der Waals surface area contributed by atoms with Gasteiger partial charge in [0.25, 0.3) is 5.91 Å². The zero-order valence-corrected chi connectivity index (χ0v) is 14.1. The van der Waals surface area contributed by atoms with Crippen LogP contribution in [0.3, 0.4) is 0 Å². The molecule has 0 radical (unpaired) electrons. The van der Waals surface area contributed by atoms with Crippen molar-refractivity contribution in [1.82, 2.24) is 0 Å². The van der Waals surface area contributed by atoms with Crippen LogP contribution in [0.4, 0.5) is 5.69 Å². The third kappa shape index (κ3) is 2.30. The van der Waals surface area contributed by atoms with Gasteiger partial charge >= 0.3 is 0 Å². The van der Waals surface area contributed by atoms with Crippen LogP contribution in [0.1, 0.15) is 30.6 Å². The Kier molecular flexibility index (Phi) is 3.61. The van der Waals surface area contributed by atoms with Crippen molar-refractivity contribution in [3.05, 3.63) is 66.2 Å². The summed E-state index contributed by atoms with van der Waals surface area (Å²) in [7, 11) is 0. The maximum Gasteiger partial charge on any atom is 0.258 e. The van der Waals surface area contributed by atoms with Gasteiger partial charge in [0.15, 0.2) is 0 Å². The van der Waals surface area contributed by atoms with Gasteiger partial charge in [-0.3, -0.25) is 4.79 Å². The molecule has 0 N–H and O–H groups in total. The molecule has 3 aromatic rings. The molecule has 0 unspecified atom stereocenters. The molecule has 0 saturated heterocycles. The zero-order chi connectivity index (χ0) is 16.7. The minimum absolute atomic E-state index is 0.140. The summed E-state index contributed by atoms with van der Waals surface area (Å²) < 4.78 is 0. The van der Waals surface area contributed by atoms with Crippen molar-refractivity contribution in [2.45, 2.75) is 20.3 Å². The summed E-state index contributed by atoms with van der Waals surface area (Å²) in [5.74, 6) is 0.724. The fourth-order valence-corrected chi connectivity index (χ4v) is 3.52. The molecule has 3 aromatic carbocycles. The molecule has 1 aliphatic rings. The Bertz CT molecular complexity index is 912. The summed E-state index contributed by atoms with van der Waals surface area (Å²) in [4.78, 5) is 14.8. The molecular formula is C22H21NO. The number of hydrogen-bond donors (Lipinski definition) is 0. The van der Waals surface area contributed by atoms with Crippen LogP contribution in [0, 0.1) is 5.92 Å². The molecule has 1 aliphatic heterocycles. The van der Waals surface area contributed by atoms with E-state index in [0.717, 1.165) is 35.0 Å². The quantitative estimate of drug-likeness (QED) is 0.621. The number of anilines is 1. The van der Waals surface area contributed by atoms with Crippen LogP contribution < -0.4 is 4.90 Å². The van der Waals surface area contributed by atoms with E-state index in [4.69, 9.17) is 0 Å². The van der Waals surface area contributed by atoms with Crippen molar-refractivity contribution in [2.24, 2.45) is 5.92 Å². The first kappa shape index (κ1) is 14.9. The smallest absolute Gasteiger partial charge is 0.258 e. The number of rotatable bonds is 4. The Morgan fingerprint density at radius 3 is 2.42 bits per heavy atom. The van der Waals surface area contributed by atoms with Gasteiger partial charge in [0.2, 0.25) is 0 Å². The van der Waals surface area contributed by atoms with Crippen LogP contribution in [0.15, 0.2) is 60.7 Å². The fraction of sp³-hybridized carbons (Fsp3) is 0.227. The maximum atomic E-state index is 12.9. The van der Waals surface area contributed by atoms with E-state index in [-0.39, 0.29) is 5.91 Å². The molecule has 4 rings (SSSR count). The monoisotopic (exact) mass is 315 g/mol. The fourth-order valence-electron chi connectivity index (χ4n) is 3.52. The van der Waals surface area contributed by atoms with Crippen molar-refractivity contribution in [1.29, 1.82) is 0 Å². The van der Waals surface area contributed by atoms with E-state index in [1.807, 2.05) is 23.1 Å². The Morgan fingerprint density at radius 1 is 0.875 bits per heavy atom. The molecule has 2 heteroatoms. The van der Waals surface area contributed by atoms with Gasteiger partial charge in [-0.1, -0.05) is 62.4 Å². The normalized spacial score (nSPS) is 13.3. The number of amides is 1. The number of benzene rings is 3. The average Bonchev–Trinajstić information content (AvgIpc) is 2.88. The lowest BCUT2D eigenvalue weighted by Gasteiger charge is -2.19. The van der Waals surface area contributed by atoms with Gasteiger partial charge in [0.05, 0.1) is 5.69 Å². The van der Waals surface area contributed by atoms with E-state index in [1.54, 1.807) is 0 Å². The van der Waals surface area contributed by atoms with Crippen LogP contribution in [0.25, 0.3) is 21.9 Å². The van der Waals surface area contributed by atoms with Crippen LogP contribution in [-0.2, 0) is 0 Å². The first-order chi connectivity index (χ1) is 11.7. The van der Waals surface area contributed by atoms with Crippen molar-refractivity contribution >= 4 is 22.4 Å². The molecule has 0 aromatic heterocycles. The van der Waals surface area contributed by atoms with Gasteiger partial charge in [-0.15, -0.1) is 0 Å². The maximum absolute atomic E-state index is 12.9. The van der Waals surface area contributed by atoms with Crippen LogP contribution in [0.2, 0.25) is 0 Å². The number of nitrogens with zero attached hydrogens (tertiary/aromatic N) is 1. The summed E-state index contributed by atoms with van der Waals surface area (Å²) in [6, 6.07) is 20.7. The lowest BCUT2D eigenvalue weighted by molar-refractivity contribution is 0.0992. The van der Waals surface area contributed by atoms with E-state index in [9.17, 15) is 4.79 Å². The predicted molar refractivity (Wildman–Crippen MR) is 101 cm³/mol. The molecule has 0 atom stereocenters. The summed E-state index contributed by atoms with van der Waals surface area (Å²) in [5, 5.41) is 2.27. The topological polar surface area (TPSA) is 20.3 Å². The van der Waals surface area contributed by atoms with Crippen molar-refractivity contribution in [3.63, 3.8) is 0 Å². The molecule has 0 saturated carbocycles. The average molecular weight is 315 g/mol. The molecular weight excluding hydrogens is 294 g/mol. The molecule has 1 amide bonds. The zero-order valence-electron chi connectivity index (χ0n) is 14.1. The highest BCUT2D eigenvalue weighted by atomic mass is 16.2. The molecule has 1 heterocycles. The van der Waals surface area contributed by atoms with Crippen LogP contribution in [0.5, 0.6) is 0 Å². The standard InChI is InChI=1S/C22H21NO/c1-15(2)13-14-23-20-12-11-17(16-7-4-3-5-8-16)18-9-6-10-19(21(18)20)22(23)24/h3-12,15H,13-14H2,1-2H3. The second-order valence-electron chi connectivity index (χ2n) is 6.87. The third-order valence-electron chi connectivity index (χ3n) is 4.80. The first-order valence-electron chi connectivity index (χ1n) is 8.60. The lowest BCUT2D eigenvalue weighted by atomic mass is 9.96. The highest BCUT2D eigenvalue weighted by Gasteiger charge is 2.30. The van der Waals surface area contributed by atoms with E-state index < -0.39 is 0 Å². The minimum Gasteiger partial charge on any atom is -0.308 e. The van der Waals surface area contributed by atoms with Gasteiger partial charge in [0.1, 0.15) is 0 Å². The summed E-state index contributed by atoms with van der Waals surface area (Å²) in [6.07, 6.45) is 1.02. The van der Waals surface area contributed by atoms with Crippen LogP contribution in [-0.4, -0.2) is 12.5 Å². The van der Waals surface area contributed by atoms with Crippen molar-refractivity contribution in [3.8, 4) is 11.1 Å². The van der Waals surface area contributed by atoms with Gasteiger partial charge in [-0.05, 0) is 41.0 Å². The number of carbonyl (C=O) groups is 1. The SMILES string of the molecule is CC(C)CCN1C(=O)c2cccc3c(-c4ccccc4)ccc1c23. The summed E-state index contributed by atoms with van der Waals surface area (Å²) in [6.45, 7) is 5.18. The van der Waals surface area contributed by atoms with E-state index in [2.05, 4.69) is 56.3 Å². The summed E-state index contributed by atoms with van der Waals surface area (Å²) >= 11 is 0. The molecule has 2 nitrogen and oxygen atoms in total. The molecule has 0 bridgehead atoms. The van der Waals surface area contributed by atoms with Gasteiger partial charge in [-0.25, -0.2) is 0 Å². The molecule has 0 spiro atoms. The summed E-state index contributed by atoms with van der Waals surface area (Å²) in [5.41, 5.74) is 4.28. The van der Waals surface area contributed by atoms with E-state index in [1.165, 1.54) is 11.1 Å². The molecule has 120 valence electrons. The molecule has 0 aliphatic carbocycles. The Balaban J connectivity index is 1.88. The van der Waals surface area contributed by atoms with E-state index >= 15 is 0 Å². The lowest BCUT2D eigenvalue weighted by Crippen LogP contribution is -2.28. The minimum atomic E-state index is 0.140. The number of hydrogen-bond acceptors (Lipinski definition) is 1. The van der Waals surface area contributed by atoms with Crippen LogP contribution >= 0.6 is 0 Å². The highest BCUT2D eigenvalue weighted by molar-refractivity contribution is 6.26. The molecule has 0 fully saturated rings. The number of carbonyl (C=O) groups excluding carboxylic acids is 1.